The summed E-state index contributed by atoms with van der Waals surface area (Å²) in [7, 11) is -4.75. The quantitative estimate of drug-likeness (QED) is 0.0197. The number of allylic oxidation sites excluding steroid dienone is 6. The van der Waals surface area contributed by atoms with E-state index >= 15 is 0 Å². The van der Waals surface area contributed by atoms with E-state index in [0.29, 0.717) is 19.3 Å². The Morgan fingerprint density at radius 1 is 0.368 bits per heavy atom. The van der Waals surface area contributed by atoms with Gasteiger partial charge in [-0.3, -0.25) is 23.4 Å². The molecular formula is C64H119O11P. The molecule has 0 aromatic rings. The third-order valence-corrected chi connectivity index (χ3v) is 15.0. The number of carbonyl (C=O) groups is 3. The molecule has 0 radical (unpaired) electrons. The molecule has 0 heterocycles. The van der Waals surface area contributed by atoms with E-state index in [1.807, 2.05) is 0 Å². The highest BCUT2D eigenvalue weighted by atomic mass is 31.2. The van der Waals surface area contributed by atoms with Crippen LogP contribution in [-0.2, 0) is 42.2 Å². The van der Waals surface area contributed by atoms with Crippen LogP contribution < -0.4 is 0 Å². The van der Waals surface area contributed by atoms with Crippen LogP contribution in [0, 0.1) is 0 Å². The molecule has 0 amide bonds. The maximum atomic E-state index is 12.9. The first-order chi connectivity index (χ1) is 37.2. The van der Waals surface area contributed by atoms with Gasteiger partial charge in [-0.25, -0.2) is 4.57 Å². The molecular weight excluding hydrogens is 976 g/mol. The third kappa shape index (κ3) is 56.4. The highest BCUT2D eigenvalue weighted by Crippen LogP contribution is 2.43. The summed E-state index contributed by atoms with van der Waals surface area (Å²) in [4.78, 5) is 48.7. The van der Waals surface area contributed by atoms with Crippen molar-refractivity contribution in [1.29, 1.82) is 0 Å². The van der Waals surface area contributed by atoms with Gasteiger partial charge in [0, 0.05) is 19.3 Å². The Balaban J connectivity index is 4.64. The highest BCUT2D eigenvalue weighted by molar-refractivity contribution is 7.47. The van der Waals surface area contributed by atoms with Crippen LogP contribution in [0.4, 0.5) is 0 Å². The molecule has 0 aliphatic heterocycles. The number of aliphatic hydroxyl groups excluding tert-OH is 1. The van der Waals surface area contributed by atoms with Gasteiger partial charge < -0.3 is 24.2 Å². The van der Waals surface area contributed by atoms with Gasteiger partial charge in [-0.15, -0.1) is 0 Å². The van der Waals surface area contributed by atoms with Crippen molar-refractivity contribution in [3.8, 4) is 0 Å². The summed E-state index contributed by atoms with van der Waals surface area (Å²) in [6.45, 7) is 4.66. The van der Waals surface area contributed by atoms with E-state index in [1.165, 1.54) is 167 Å². The van der Waals surface area contributed by atoms with Gasteiger partial charge in [0.2, 0.25) is 0 Å². The molecule has 0 rings (SSSR count). The summed E-state index contributed by atoms with van der Waals surface area (Å²) in [5.74, 6) is -1.45. The molecule has 3 atom stereocenters. The molecule has 2 N–H and O–H groups in total. The zero-order valence-electron chi connectivity index (χ0n) is 49.5. The fraction of sp³-hybridized carbons (Fsp3) is 0.859. The summed E-state index contributed by atoms with van der Waals surface area (Å²) in [5, 5.41) is 9.85. The second-order valence-corrected chi connectivity index (χ2v) is 23.0. The van der Waals surface area contributed by atoms with Crippen LogP contribution >= 0.6 is 7.82 Å². The Labute approximate surface area is 467 Å². The maximum absolute atomic E-state index is 12.9. The van der Waals surface area contributed by atoms with Crippen molar-refractivity contribution in [3.05, 3.63) is 36.5 Å². The van der Waals surface area contributed by atoms with Crippen molar-refractivity contribution in [2.24, 2.45) is 0 Å². The van der Waals surface area contributed by atoms with Gasteiger partial charge in [0.25, 0.3) is 0 Å². The number of carbonyl (C=O) groups excluding carboxylic acids is 3. The Bertz CT molecular complexity index is 1420. The average molecular weight is 1100 g/mol. The summed E-state index contributed by atoms with van der Waals surface area (Å²) < 4.78 is 39.7. The predicted molar refractivity (Wildman–Crippen MR) is 316 cm³/mol. The zero-order valence-corrected chi connectivity index (χ0v) is 50.4. The minimum absolute atomic E-state index is 0.164. The van der Waals surface area contributed by atoms with Crippen LogP contribution in [-0.4, -0.2) is 66.5 Å². The summed E-state index contributed by atoms with van der Waals surface area (Å²) >= 11 is 0. The minimum Gasteiger partial charge on any atom is -0.462 e. The molecule has 11 nitrogen and oxygen atoms in total. The monoisotopic (exact) mass is 1090 g/mol. The number of rotatable bonds is 60. The van der Waals surface area contributed by atoms with E-state index in [-0.39, 0.29) is 25.9 Å². The highest BCUT2D eigenvalue weighted by Gasteiger charge is 2.28. The van der Waals surface area contributed by atoms with Crippen LogP contribution in [0.25, 0.3) is 0 Å². The molecule has 0 aliphatic rings. The van der Waals surface area contributed by atoms with E-state index in [2.05, 4.69) is 57.2 Å². The van der Waals surface area contributed by atoms with Crippen molar-refractivity contribution >= 4 is 25.7 Å². The van der Waals surface area contributed by atoms with Gasteiger partial charge in [0.1, 0.15) is 12.7 Å². The number of hydrogen-bond donors (Lipinski definition) is 2. The number of aliphatic hydroxyl groups is 1. The van der Waals surface area contributed by atoms with E-state index in [4.69, 9.17) is 23.3 Å². The number of hydrogen-bond acceptors (Lipinski definition) is 10. The van der Waals surface area contributed by atoms with E-state index in [1.54, 1.807) is 0 Å². The van der Waals surface area contributed by atoms with Gasteiger partial charge in [-0.1, -0.05) is 256 Å². The Hall–Kier alpha value is -2.30. The first-order valence-corrected chi connectivity index (χ1v) is 33.4. The van der Waals surface area contributed by atoms with E-state index < -0.39 is 57.8 Å². The molecule has 0 aromatic heterocycles. The number of esters is 3. The van der Waals surface area contributed by atoms with Crippen molar-refractivity contribution in [2.75, 3.05) is 26.4 Å². The Morgan fingerprint density at radius 3 is 1.03 bits per heavy atom. The lowest BCUT2D eigenvalue weighted by Crippen LogP contribution is -2.30. The van der Waals surface area contributed by atoms with Gasteiger partial charge in [0.05, 0.1) is 19.8 Å². The van der Waals surface area contributed by atoms with E-state index in [9.17, 15) is 28.9 Å². The number of ether oxygens (including phenoxy) is 3. The lowest BCUT2D eigenvalue weighted by atomic mass is 10.0. The molecule has 0 bridgehead atoms. The molecule has 0 aromatic carbocycles. The molecule has 3 unspecified atom stereocenters. The standard InChI is InChI=1S/C64H119O11P/c1-4-7-10-13-16-19-22-25-27-29-30-32-34-37-40-43-46-49-52-55-64(68)75-61(57-71-62(66)53-50-47-44-41-38-35-24-21-18-15-12-9-6-3)59-73-76(69,70)72-58-60(56-65)74-63(67)54-51-48-45-42-39-36-33-31-28-26-23-20-17-14-11-8-5-2/h16,19,21,24-25,27,60-61,65H,4-15,17-18,20,22-23,26,28-59H2,1-3H3,(H,69,70)/b19-16-,24-21-,27-25-. The smallest absolute Gasteiger partial charge is 0.462 e. The van der Waals surface area contributed by atoms with Crippen LogP contribution in [0.1, 0.15) is 316 Å². The fourth-order valence-electron chi connectivity index (χ4n) is 9.15. The lowest BCUT2D eigenvalue weighted by molar-refractivity contribution is -0.161. The lowest BCUT2D eigenvalue weighted by Gasteiger charge is -2.21. The summed E-state index contributed by atoms with van der Waals surface area (Å²) in [6, 6.07) is 0. The SMILES string of the molecule is CCCCC/C=C\C/C=C\CCCCCCCCCCCC(=O)OC(COC(=O)CCCCCCC/C=C\CCCCCC)COP(=O)(O)OCC(CO)OC(=O)CCCCCCCCCCCCCCCCCCC. The first kappa shape index (κ1) is 73.7. The third-order valence-electron chi connectivity index (χ3n) is 14.0. The topological polar surface area (TPSA) is 155 Å². The van der Waals surface area contributed by atoms with Crippen LogP contribution in [0.3, 0.4) is 0 Å². The molecule has 0 aliphatic carbocycles. The fourth-order valence-corrected chi connectivity index (χ4v) is 9.93. The second kappa shape index (κ2) is 58.8. The molecule has 0 spiro atoms. The average Bonchev–Trinajstić information content (AvgIpc) is 3.41. The second-order valence-electron chi connectivity index (χ2n) is 21.6. The molecule has 12 heteroatoms. The zero-order chi connectivity index (χ0) is 55.5. The number of phosphoric acid groups is 1. The van der Waals surface area contributed by atoms with Crippen molar-refractivity contribution in [1.82, 2.24) is 0 Å². The summed E-state index contributed by atoms with van der Waals surface area (Å²) in [5.41, 5.74) is 0. The van der Waals surface area contributed by atoms with Gasteiger partial charge in [-0.05, 0) is 77.0 Å². The maximum Gasteiger partial charge on any atom is 0.472 e. The largest absolute Gasteiger partial charge is 0.472 e. The van der Waals surface area contributed by atoms with Crippen molar-refractivity contribution < 1.29 is 52.2 Å². The summed E-state index contributed by atoms with van der Waals surface area (Å²) in [6.07, 6.45) is 62.3. The van der Waals surface area contributed by atoms with Gasteiger partial charge in [0.15, 0.2) is 6.10 Å². The molecule has 76 heavy (non-hydrogen) atoms. The van der Waals surface area contributed by atoms with Crippen LogP contribution in [0.5, 0.6) is 0 Å². The Kier molecular flexibility index (Phi) is 57.1. The number of unbranched alkanes of at least 4 members (excludes halogenated alkanes) is 37. The predicted octanol–water partition coefficient (Wildman–Crippen LogP) is 19.2. The van der Waals surface area contributed by atoms with Gasteiger partial charge in [-0.2, -0.15) is 0 Å². The molecule has 0 fully saturated rings. The Morgan fingerprint density at radius 2 is 0.645 bits per heavy atom. The van der Waals surface area contributed by atoms with Crippen LogP contribution in [0.2, 0.25) is 0 Å². The molecule has 446 valence electrons. The normalized spacial score (nSPS) is 13.5. The molecule has 0 saturated heterocycles. The van der Waals surface area contributed by atoms with Crippen LogP contribution in [0.15, 0.2) is 36.5 Å². The number of phosphoric ester groups is 1. The van der Waals surface area contributed by atoms with E-state index in [0.717, 1.165) is 89.9 Å². The van der Waals surface area contributed by atoms with Gasteiger partial charge >= 0.3 is 25.7 Å². The molecule has 0 saturated carbocycles. The van der Waals surface area contributed by atoms with Crippen molar-refractivity contribution in [3.63, 3.8) is 0 Å². The minimum atomic E-state index is -4.75. The van der Waals surface area contributed by atoms with Crippen molar-refractivity contribution in [2.45, 2.75) is 328 Å². The first-order valence-electron chi connectivity index (χ1n) is 31.9.